The molecule has 0 bridgehead atoms. The fourth-order valence-electron chi connectivity index (χ4n) is 1.68. The monoisotopic (exact) mass is 274 g/mol. The van der Waals surface area contributed by atoms with Crippen molar-refractivity contribution in [3.8, 4) is 27.9 Å². The van der Waals surface area contributed by atoms with Gasteiger partial charge in [0.1, 0.15) is 10.6 Å². The third-order valence-corrected chi connectivity index (χ3v) is 3.37. The largest absolute Gasteiger partial charge is 0.508 e. The zero-order chi connectivity index (χ0) is 13.2. The molecule has 0 aliphatic rings. The van der Waals surface area contributed by atoms with Crippen LogP contribution >= 0.6 is 11.5 Å². The lowest BCUT2D eigenvalue weighted by Crippen LogP contribution is -1.84. The molecule has 0 spiro atoms. The molecule has 1 aromatic carbocycles. The van der Waals surface area contributed by atoms with E-state index in [1.54, 1.807) is 24.3 Å². The second-order valence-electron chi connectivity index (χ2n) is 3.88. The molecule has 6 nitrogen and oxygen atoms in total. The Balaban J connectivity index is 2.00. The van der Waals surface area contributed by atoms with Gasteiger partial charge in [0.25, 0.3) is 5.89 Å². The number of benzene rings is 1. The van der Waals surface area contributed by atoms with E-state index in [1.165, 1.54) is 11.5 Å². The Hall–Kier alpha value is -2.28. The van der Waals surface area contributed by atoms with E-state index in [1.807, 2.05) is 6.92 Å². The average Bonchev–Trinajstić information content (AvgIpc) is 3.07. The Morgan fingerprint density at radius 3 is 3.05 bits per heavy atom. The van der Waals surface area contributed by atoms with Crippen LogP contribution in [-0.4, -0.2) is 24.8 Å². The van der Waals surface area contributed by atoms with Crippen LogP contribution in [0.15, 0.2) is 28.8 Å². The van der Waals surface area contributed by atoms with Crippen molar-refractivity contribution in [3.05, 3.63) is 30.0 Å². The molecule has 0 fully saturated rings. The van der Waals surface area contributed by atoms with E-state index in [9.17, 15) is 5.11 Å². The first-order valence-electron chi connectivity index (χ1n) is 5.72. The highest BCUT2D eigenvalue weighted by Gasteiger charge is 2.16. The number of rotatable bonds is 3. The molecule has 0 unspecified atom stereocenters. The van der Waals surface area contributed by atoms with Crippen LogP contribution in [0, 0.1) is 0 Å². The topological polar surface area (TPSA) is 84.9 Å². The summed E-state index contributed by atoms with van der Waals surface area (Å²) >= 11 is 1.23. The molecule has 3 aromatic rings. The first-order valence-corrected chi connectivity index (χ1v) is 6.50. The van der Waals surface area contributed by atoms with Gasteiger partial charge < -0.3 is 9.63 Å². The summed E-state index contributed by atoms with van der Waals surface area (Å²) < 4.78 is 9.12. The third kappa shape index (κ3) is 2.19. The maximum absolute atomic E-state index is 9.44. The van der Waals surface area contributed by atoms with Crippen molar-refractivity contribution in [3.63, 3.8) is 0 Å². The zero-order valence-corrected chi connectivity index (χ0v) is 10.9. The lowest BCUT2D eigenvalue weighted by atomic mass is 10.2. The van der Waals surface area contributed by atoms with Crippen LogP contribution in [0.25, 0.3) is 22.2 Å². The van der Waals surface area contributed by atoms with Gasteiger partial charge in [-0.3, -0.25) is 0 Å². The minimum absolute atomic E-state index is 0.164. The molecule has 0 saturated carbocycles. The zero-order valence-electron chi connectivity index (χ0n) is 10.1. The van der Waals surface area contributed by atoms with Crippen molar-refractivity contribution in [2.45, 2.75) is 13.3 Å². The van der Waals surface area contributed by atoms with Gasteiger partial charge in [-0.15, -0.1) is 5.10 Å². The van der Waals surface area contributed by atoms with Gasteiger partial charge in [0, 0.05) is 5.56 Å². The highest BCUT2D eigenvalue weighted by Crippen LogP contribution is 2.28. The van der Waals surface area contributed by atoms with Crippen LogP contribution in [0.4, 0.5) is 0 Å². The number of aromatic hydroxyl groups is 1. The Kier molecular flexibility index (Phi) is 2.96. The molecule has 0 aliphatic heterocycles. The first kappa shape index (κ1) is 11.8. The van der Waals surface area contributed by atoms with E-state index in [4.69, 9.17) is 4.52 Å². The summed E-state index contributed by atoms with van der Waals surface area (Å²) in [5.74, 6) is 1.00. The third-order valence-electron chi connectivity index (χ3n) is 2.62. The minimum atomic E-state index is 0.164. The van der Waals surface area contributed by atoms with Crippen molar-refractivity contribution in [2.24, 2.45) is 0 Å². The van der Waals surface area contributed by atoms with E-state index in [0.29, 0.717) is 17.3 Å². The molecule has 0 aliphatic carbocycles. The second kappa shape index (κ2) is 4.77. The SMILES string of the molecule is CCc1nnsc1-c1nc(-c2cccc(O)c2)no1. The quantitative estimate of drug-likeness (QED) is 0.790. The number of nitrogens with zero attached hydrogens (tertiary/aromatic N) is 4. The molecule has 96 valence electrons. The number of phenols is 1. The molecule has 0 atom stereocenters. The molecule has 2 aromatic heterocycles. The summed E-state index contributed by atoms with van der Waals surface area (Å²) in [5.41, 5.74) is 1.54. The average molecular weight is 274 g/mol. The van der Waals surface area contributed by atoms with E-state index in [2.05, 4.69) is 19.7 Å². The van der Waals surface area contributed by atoms with Crippen LogP contribution < -0.4 is 0 Å². The second-order valence-corrected chi connectivity index (χ2v) is 4.63. The molecule has 7 heteroatoms. The first-order chi connectivity index (χ1) is 9.28. The van der Waals surface area contributed by atoms with Crippen LogP contribution in [-0.2, 0) is 6.42 Å². The highest BCUT2D eigenvalue weighted by atomic mass is 32.1. The van der Waals surface area contributed by atoms with Crippen molar-refractivity contribution < 1.29 is 9.63 Å². The summed E-state index contributed by atoms with van der Waals surface area (Å²) in [6.07, 6.45) is 0.760. The molecule has 2 heterocycles. The fourth-order valence-corrected chi connectivity index (χ4v) is 2.35. The van der Waals surface area contributed by atoms with Gasteiger partial charge in [-0.05, 0) is 30.1 Å². The van der Waals surface area contributed by atoms with Gasteiger partial charge in [-0.25, -0.2) is 0 Å². The van der Waals surface area contributed by atoms with Gasteiger partial charge in [0.2, 0.25) is 5.82 Å². The Bertz CT molecular complexity index is 707. The molecule has 0 radical (unpaired) electrons. The maximum Gasteiger partial charge on any atom is 0.271 e. The van der Waals surface area contributed by atoms with Crippen molar-refractivity contribution >= 4 is 11.5 Å². The predicted octanol–water partition coefficient (Wildman–Crippen LogP) is 2.52. The van der Waals surface area contributed by atoms with Crippen molar-refractivity contribution in [1.29, 1.82) is 0 Å². The van der Waals surface area contributed by atoms with Gasteiger partial charge in [0.05, 0.1) is 5.69 Å². The van der Waals surface area contributed by atoms with Crippen molar-refractivity contribution in [1.82, 2.24) is 19.7 Å². The molecule has 19 heavy (non-hydrogen) atoms. The Morgan fingerprint density at radius 1 is 1.37 bits per heavy atom. The van der Waals surface area contributed by atoms with E-state index in [-0.39, 0.29) is 5.75 Å². The summed E-state index contributed by atoms with van der Waals surface area (Å²) in [4.78, 5) is 5.11. The van der Waals surface area contributed by atoms with Crippen LogP contribution in [0.1, 0.15) is 12.6 Å². The number of phenolic OH excluding ortho intramolecular Hbond substituents is 1. The number of hydrogen-bond acceptors (Lipinski definition) is 7. The van der Waals surface area contributed by atoms with Gasteiger partial charge in [-0.2, -0.15) is 4.98 Å². The smallest absolute Gasteiger partial charge is 0.271 e. The molecule has 0 amide bonds. The van der Waals surface area contributed by atoms with Crippen LogP contribution in [0.3, 0.4) is 0 Å². The number of aryl methyl sites for hydroxylation is 1. The molecule has 3 rings (SSSR count). The molecular weight excluding hydrogens is 264 g/mol. The predicted molar refractivity (Wildman–Crippen MR) is 69.7 cm³/mol. The highest BCUT2D eigenvalue weighted by molar-refractivity contribution is 7.09. The normalized spacial score (nSPS) is 10.8. The van der Waals surface area contributed by atoms with Gasteiger partial charge in [0.15, 0.2) is 0 Å². The minimum Gasteiger partial charge on any atom is -0.508 e. The van der Waals surface area contributed by atoms with Gasteiger partial charge in [-0.1, -0.05) is 28.7 Å². The molecule has 1 N–H and O–H groups in total. The standard InChI is InChI=1S/C12H10N4O2S/c1-2-9-10(19-16-14-9)12-13-11(15-18-12)7-4-3-5-8(17)6-7/h3-6,17H,2H2,1H3. The summed E-state index contributed by atoms with van der Waals surface area (Å²) in [5, 5.41) is 17.4. The van der Waals surface area contributed by atoms with Crippen LogP contribution in [0.5, 0.6) is 5.75 Å². The van der Waals surface area contributed by atoms with Crippen LogP contribution in [0.2, 0.25) is 0 Å². The number of aromatic nitrogens is 4. The van der Waals surface area contributed by atoms with Crippen molar-refractivity contribution in [2.75, 3.05) is 0 Å². The number of hydrogen-bond donors (Lipinski definition) is 1. The lowest BCUT2D eigenvalue weighted by Gasteiger charge is -1.94. The Morgan fingerprint density at radius 2 is 2.26 bits per heavy atom. The maximum atomic E-state index is 9.44. The summed E-state index contributed by atoms with van der Waals surface area (Å²) in [6, 6.07) is 6.71. The van der Waals surface area contributed by atoms with E-state index in [0.717, 1.165) is 17.0 Å². The van der Waals surface area contributed by atoms with Gasteiger partial charge >= 0.3 is 0 Å². The summed E-state index contributed by atoms with van der Waals surface area (Å²) in [6.45, 7) is 1.99. The lowest BCUT2D eigenvalue weighted by molar-refractivity contribution is 0.432. The van der Waals surface area contributed by atoms with E-state index >= 15 is 0 Å². The summed E-state index contributed by atoms with van der Waals surface area (Å²) in [7, 11) is 0. The molecule has 0 saturated heterocycles. The molecular formula is C12H10N4O2S. The Labute approximate surface area is 112 Å². The van der Waals surface area contributed by atoms with E-state index < -0.39 is 0 Å². The fraction of sp³-hybridized carbons (Fsp3) is 0.167.